The highest BCUT2D eigenvalue weighted by molar-refractivity contribution is 5.29. The molecule has 0 aromatic heterocycles. The van der Waals surface area contributed by atoms with Gasteiger partial charge in [0.15, 0.2) is 0 Å². The van der Waals surface area contributed by atoms with E-state index in [0.717, 1.165) is 24.7 Å². The first-order valence-electron chi connectivity index (χ1n) is 7.82. The lowest BCUT2D eigenvalue weighted by molar-refractivity contribution is 0.112. The van der Waals surface area contributed by atoms with E-state index in [1.54, 1.807) is 0 Å². The SMILES string of the molecule is CC.CCC.CCC1(CC)C2CC3(O)CC3C21. The molecule has 3 fully saturated rings. The first-order valence-corrected chi connectivity index (χ1v) is 7.82. The Kier molecular flexibility index (Phi) is 4.68. The zero-order valence-electron chi connectivity index (χ0n) is 12.7. The molecular weight excluding hydrogens is 208 g/mol. The molecule has 3 aliphatic rings. The average Bonchev–Trinajstić information content (AvgIpc) is 3.16. The lowest BCUT2D eigenvalue weighted by Gasteiger charge is -2.18. The van der Waals surface area contributed by atoms with Crippen molar-refractivity contribution in [2.24, 2.45) is 23.2 Å². The van der Waals surface area contributed by atoms with E-state index in [2.05, 4.69) is 27.7 Å². The standard InChI is InChI=1S/C11H18O.C3H8.C2H6/c1-3-10(4-2)7-5-11(12)6-8(11)9(7)10;1-3-2;1-2/h7-9,12H,3-6H2,1-2H3;3H2,1-2H3;1-2H3. The third kappa shape index (κ3) is 2.16. The number of aliphatic hydroxyl groups is 1. The molecule has 4 unspecified atom stereocenters. The van der Waals surface area contributed by atoms with Gasteiger partial charge in [0.25, 0.3) is 0 Å². The van der Waals surface area contributed by atoms with Gasteiger partial charge in [-0.2, -0.15) is 0 Å². The van der Waals surface area contributed by atoms with Crippen LogP contribution in [-0.2, 0) is 0 Å². The summed E-state index contributed by atoms with van der Waals surface area (Å²) in [5, 5.41) is 9.89. The fourth-order valence-corrected chi connectivity index (χ4v) is 4.27. The zero-order chi connectivity index (χ0) is 13.3. The molecule has 0 saturated heterocycles. The fraction of sp³-hybridized carbons (Fsp3) is 1.00. The Morgan fingerprint density at radius 2 is 1.35 bits per heavy atom. The van der Waals surface area contributed by atoms with E-state index < -0.39 is 0 Å². The minimum Gasteiger partial charge on any atom is -0.390 e. The summed E-state index contributed by atoms with van der Waals surface area (Å²) >= 11 is 0. The highest BCUT2D eigenvalue weighted by atomic mass is 16.3. The van der Waals surface area contributed by atoms with E-state index in [0.29, 0.717) is 11.3 Å². The quantitative estimate of drug-likeness (QED) is 0.745. The van der Waals surface area contributed by atoms with Crippen LogP contribution in [0.5, 0.6) is 0 Å². The number of hydrogen-bond donors (Lipinski definition) is 1. The normalized spacial score (nSPS) is 42.2. The third-order valence-corrected chi connectivity index (χ3v) is 5.15. The first-order chi connectivity index (χ1) is 8.09. The third-order valence-electron chi connectivity index (χ3n) is 5.15. The van der Waals surface area contributed by atoms with Crippen molar-refractivity contribution in [1.82, 2.24) is 0 Å². The average molecular weight is 240 g/mol. The van der Waals surface area contributed by atoms with Gasteiger partial charge >= 0.3 is 0 Å². The Bertz CT molecular complexity index is 244. The molecule has 1 N–H and O–H groups in total. The molecule has 0 spiro atoms. The van der Waals surface area contributed by atoms with Crippen molar-refractivity contribution >= 4 is 0 Å². The lowest BCUT2D eigenvalue weighted by Crippen LogP contribution is -2.16. The van der Waals surface area contributed by atoms with Crippen LogP contribution in [0.3, 0.4) is 0 Å². The van der Waals surface area contributed by atoms with Gasteiger partial charge < -0.3 is 5.11 Å². The molecule has 0 radical (unpaired) electrons. The molecule has 1 heteroatoms. The number of rotatable bonds is 2. The van der Waals surface area contributed by atoms with E-state index in [1.807, 2.05) is 13.8 Å². The molecule has 0 aromatic rings. The molecular formula is C16H32O. The predicted octanol–water partition coefficient (Wildman–Crippen LogP) is 4.64. The Balaban J connectivity index is 0.000000256. The Labute approximate surface area is 108 Å². The zero-order valence-corrected chi connectivity index (χ0v) is 12.7. The van der Waals surface area contributed by atoms with Crippen LogP contribution in [-0.4, -0.2) is 10.7 Å². The van der Waals surface area contributed by atoms with Crippen molar-refractivity contribution in [2.75, 3.05) is 0 Å². The van der Waals surface area contributed by atoms with Gasteiger partial charge in [0.2, 0.25) is 0 Å². The van der Waals surface area contributed by atoms with Gasteiger partial charge in [-0.25, -0.2) is 0 Å². The lowest BCUT2D eigenvalue weighted by atomic mass is 9.89. The summed E-state index contributed by atoms with van der Waals surface area (Å²) in [5.41, 5.74) is 0.510. The maximum absolute atomic E-state index is 9.89. The second-order valence-electron chi connectivity index (χ2n) is 5.90. The molecule has 0 aliphatic heterocycles. The first kappa shape index (κ1) is 15.0. The maximum Gasteiger partial charge on any atom is 0.0686 e. The minimum absolute atomic E-state index is 0.164. The van der Waals surface area contributed by atoms with Gasteiger partial charge in [0.05, 0.1) is 5.60 Å². The molecule has 3 rings (SSSR count). The highest BCUT2D eigenvalue weighted by Gasteiger charge is 2.80. The maximum atomic E-state index is 9.89. The van der Waals surface area contributed by atoms with Gasteiger partial charge in [0, 0.05) is 0 Å². The summed E-state index contributed by atoms with van der Waals surface area (Å²) in [6.45, 7) is 12.9. The summed E-state index contributed by atoms with van der Waals surface area (Å²) in [6, 6.07) is 0. The van der Waals surface area contributed by atoms with Crippen LogP contribution in [0.1, 0.15) is 73.6 Å². The van der Waals surface area contributed by atoms with Crippen molar-refractivity contribution < 1.29 is 5.11 Å². The monoisotopic (exact) mass is 240 g/mol. The van der Waals surface area contributed by atoms with Crippen molar-refractivity contribution in [3.8, 4) is 0 Å². The molecule has 1 nitrogen and oxygen atoms in total. The van der Waals surface area contributed by atoms with Crippen LogP contribution in [0.2, 0.25) is 0 Å². The van der Waals surface area contributed by atoms with E-state index in [-0.39, 0.29) is 5.60 Å². The van der Waals surface area contributed by atoms with Gasteiger partial charge in [-0.1, -0.05) is 48.0 Å². The van der Waals surface area contributed by atoms with E-state index in [9.17, 15) is 5.11 Å². The summed E-state index contributed by atoms with van der Waals surface area (Å²) < 4.78 is 0. The van der Waals surface area contributed by atoms with Gasteiger partial charge in [0.1, 0.15) is 0 Å². The van der Waals surface area contributed by atoms with Crippen LogP contribution >= 0.6 is 0 Å². The second-order valence-corrected chi connectivity index (χ2v) is 5.90. The molecule has 17 heavy (non-hydrogen) atoms. The second kappa shape index (κ2) is 5.30. The van der Waals surface area contributed by atoms with Crippen molar-refractivity contribution in [2.45, 2.75) is 79.2 Å². The van der Waals surface area contributed by atoms with Crippen LogP contribution in [0, 0.1) is 23.2 Å². The topological polar surface area (TPSA) is 20.2 Å². The minimum atomic E-state index is -0.164. The molecule has 102 valence electrons. The number of hydrogen-bond acceptors (Lipinski definition) is 1. The highest BCUT2D eigenvalue weighted by Crippen LogP contribution is 2.81. The number of fused-ring (bicyclic) bond motifs is 3. The van der Waals surface area contributed by atoms with E-state index in [1.165, 1.54) is 19.3 Å². The van der Waals surface area contributed by atoms with Crippen molar-refractivity contribution in [3.05, 3.63) is 0 Å². The predicted molar refractivity (Wildman–Crippen MR) is 75.0 cm³/mol. The van der Waals surface area contributed by atoms with Crippen LogP contribution in [0.15, 0.2) is 0 Å². The molecule has 0 bridgehead atoms. The Morgan fingerprint density at radius 1 is 0.941 bits per heavy atom. The summed E-state index contributed by atoms with van der Waals surface area (Å²) in [7, 11) is 0. The van der Waals surface area contributed by atoms with Crippen LogP contribution in [0.25, 0.3) is 0 Å². The van der Waals surface area contributed by atoms with Gasteiger partial charge in [-0.05, 0) is 48.9 Å². The van der Waals surface area contributed by atoms with E-state index in [4.69, 9.17) is 0 Å². The van der Waals surface area contributed by atoms with Crippen LogP contribution < -0.4 is 0 Å². The summed E-state index contributed by atoms with van der Waals surface area (Å²) in [5.74, 6) is 2.52. The molecule has 3 saturated carbocycles. The van der Waals surface area contributed by atoms with E-state index >= 15 is 0 Å². The van der Waals surface area contributed by atoms with Gasteiger partial charge in [-0.15, -0.1) is 0 Å². The van der Waals surface area contributed by atoms with Gasteiger partial charge in [-0.3, -0.25) is 0 Å². The Hall–Kier alpha value is -0.0400. The Morgan fingerprint density at radius 3 is 1.65 bits per heavy atom. The van der Waals surface area contributed by atoms with Crippen LogP contribution in [0.4, 0.5) is 0 Å². The summed E-state index contributed by atoms with van der Waals surface area (Å²) in [6.07, 6.45) is 6.18. The molecule has 0 amide bonds. The molecule has 0 heterocycles. The van der Waals surface area contributed by atoms with Crippen molar-refractivity contribution in [3.63, 3.8) is 0 Å². The molecule has 0 aromatic carbocycles. The summed E-state index contributed by atoms with van der Waals surface area (Å²) in [4.78, 5) is 0. The molecule has 3 aliphatic carbocycles. The molecule has 4 atom stereocenters. The van der Waals surface area contributed by atoms with Crippen molar-refractivity contribution in [1.29, 1.82) is 0 Å². The largest absolute Gasteiger partial charge is 0.390 e. The fourth-order valence-electron chi connectivity index (χ4n) is 4.27. The smallest absolute Gasteiger partial charge is 0.0686 e.